The Labute approximate surface area is 270 Å². The van der Waals surface area contributed by atoms with Gasteiger partial charge in [0.15, 0.2) is 0 Å². The number of pyridine rings is 2. The van der Waals surface area contributed by atoms with Gasteiger partial charge in [-0.25, -0.2) is 9.59 Å². The minimum Gasteiger partial charge on any atom is -0.490 e. The lowest BCUT2D eigenvalue weighted by molar-refractivity contribution is 0.0177. The number of amides is 2. The van der Waals surface area contributed by atoms with Gasteiger partial charge < -0.3 is 28.7 Å². The van der Waals surface area contributed by atoms with Crippen molar-refractivity contribution in [3.63, 3.8) is 0 Å². The van der Waals surface area contributed by atoms with Gasteiger partial charge in [0.1, 0.15) is 35.9 Å². The van der Waals surface area contributed by atoms with Crippen LogP contribution >= 0.6 is 15.9 Å². The molecule has 2 aliphatic rings. The van der Waals surface area contributed by atoms with Gasteiger partial charge in [-0.3, -0.25) is 9.97 Å². The van der Waals surface area contributed by atoms with Crippen molar-refractivity contribution in [3.8, 4) is 11.5 Å². The number of nitrogens with zero attached hydrogens (tertiary/aromatic N) is 4. The lowest BCUT2D eigenvalue weighted by Crippen LogP contribution is -2.42. The van der Waals surface area contributed by atoms with Crippen LogP contribution in [0.2, 0.25) is 0 Å². The van der Waals surface area contributed by atoms with Crippen molar-refractivity contribution < 1.29 is 28.5 Å². The standard InChI is InChI=1S/C18H26N2O3.C15H21BrN2O3/c1-5-7-14-10-16(12-19-11-14)22-13-15-8-6-9-20(15)17(21)23-18(2,3)4;1-15(2,3)21-14(19)18-6-4-5-12(18)10-20-13-7-11(16)8-17-9-13/h5,10-12,15H,1,6-9,13H2,2-4H3;7-9,12H,4-6,10H2,1-3H3/t15-;12-/m00/s1. The first kappa shape index (κ1) is 35.1. The molecule has 2 aliphatic heterocycles. The van der Waals surface area contributed by atoms with Crippen molar-refractivity contribution in [3.05, 3.63) is 59.6 Å². The Morgan fingerprint density at radius 1 is 0.841 bits per heavy atom. The molecule has 0 N–H and O–H groups in total. The number of halogens is 1. The molecule has 0 spiro atoms. The van der Waals surface area contributed by atoms with Crippen LogP contribution in [0.3, 0.4) is 0 Å². The third-order valence-corrected chi connectivity index (χ3v) is 7.16. The summed E-state index contributed by atoms with van der Waals surface area (Å²) in [6, 6.07) is 3.92. The Hall–Kier alpha value is -3.34. The predicted molar refractivity (Wildman–Crippen MR) is 173 cm³/mol. The minimum atomic E-state index is -0.478. The van der Waals surface area contributed by atoms with Crippen molar-refractivity contribution in [1.29, 1.82) is 0 Å². The third-order valence-electron chi connectivity index (χ3n) is 6.72. The number of rotatable bonds is 8. The maximum Gasteiger partial charge on any atom is 0.410 e. The van der Waals surface area contributed by atoms with Crippen molar-refractivity contribution in [2.75, 3.05) is 26.3 Å². The fourth-order valence-corrected chi connectivity index (χ4v) is 5.16. The van der Waals surface area contributed by atoms with Gasteiger partial charge in [-0.05, 0) is 107 Å². The summed E-state index contributed by atoms with van der Waals surface area (Å²) in [6.45, 7) is 17.3. The Kier molecular flexibility index (Phi) is 12.9. The first-order valence-corrected chi connectivity index (χ1v) is 15.9. The summed E-state index contributed by atoms with van der Waals surface area (Å²) in [5.41, 5.74) is 0.112. The lowest BCUT2D eigenvalue weighted by Gasteiger charge is -2.28. The molecule has 11 heteroatoms. The zero-order chi connectivity index (χ0) is 32.3. The van der Waals surface area contributed by atoms with Crippen molar-refractivity contribution in [2.45, 2.75) is 96.9 Å². The summed E-state index contributed by atoms with van der Waals surface area (Å²) in [4.78, 5) is 36.2. The molecule has 242 valence electrons. The highest BCUT2D eigenvalue weighted by molar-refractivity contribution is 9.10. The van der Waals surface area contributed by atoms with Gasteiger partial charge in [-0.15, -0.1) is 6.58 Å². The second-order valence-corrected chi connectivity index (χ2v) is 13.8. The van der Waals surface area contributed by atoms with Gasteiger partial charge in [0.25, 0.3) is 0 Å². The molecular weight excluding hydrogens is 628 g/mol. The largest absolute Gasteiger partial charge is 0.490 e. The van der Waals surface area contributed by atoms with Crippen LogP contribution in [-0.2, 0) is 15.9 Å². The summed E-state index contributed by atoms with van der Waals surface area (Å²) in [5.74, 6) is 1.42. The molecule has 4 heterocycles. The van der Waals surface area contributed by atoms with Gasteiger partial charge in [-0.2, -0.15) is 0 Å². The van der Waals surface area contributed by atoms with E-state index in [4.69, 9.17) is 18.9 Å². The molecule has 4 rings (SSSR count). The van der Waals surface area contributed by atoms with Crippen molar-refractivity contribution in [1.82, 2.24) is 19.8 Å². The Morgan fingerprint density at radius 3 is 1.77 bits per heavy atom. The average Bonchev–Trinajstić information content (AvgIpc) is 3.60. The monoisotopic (exact) mass is 674 g/mol. The number of likely N-dealkylation sites (tertiary alicyclic amines) is 2. The second kappa shape index (κ2) is 16.1. The molecule has 0 unspecified atom stereocenters. The number of carbonyl (C=O) groups excluding carboxylic acids is 2. The lowest BCUT2D eigenvalue weighted by atomic mass is 10.2. The molecule has 2 aromatic heterocycles. The SMILES string of the molecule is C=CCc1cncc(OC[C@@H]2CCCN2C(=O)OC(C)(C)C)c1.CC(C)(C)OC(=O)N1CCC[C@H]1COc1cncc(Br)c1. The highest BCUT2D eigenvalue weighted by Gasteiger charge is 2.33. The molecule has 2 saturated heterocycles. The molecule has 2 aromatic rings. The molecule has 0 aliphatic carbocycles. The van der Waals surface area contributed by atoms with E-state index >= 15 is 0 Å². The quantitative estimate of drug-likeness (QED) is 0.271. The van der Waals surface area contributed by atoms with Gasteiger partial charge in [0, 0.05) is 30.0 Å². The van der Waals surface area contributed by atoms with Gasteiger partial charge in [0.05, 0.1) is 24.5 Å². The van der Waals surface area contributed by atoms with E-state index in [2.05, 4.69) is 32.5 Å². The maximum absolute atomic E-state index is 12.2. The Morgan fingerprint density at radius 2 is 1.32 bits per heavy atom. The van der Waals surface area contributed by atoms with E-state index < -0.39 is 11.2 Å². The molecule has 0 saturated carbocycles. The normalized spacial score (nSPS) is 18.2. The third kappa shape index (κ3) is 12.0. The average molecular weight is 676 g/mol. The van der Waals surface area contributed by atoms with Gasteiger partial charge in [0.2, 0.25) is 0 Å². The molecule has 0 bridgehead atoms. The van der Waals surface area contributed by atoms with E-state index in [1.54, 1.807) is 34.6 Å². The second-order valence-electron chi connectivity index (χ2n) is 12.9. The number of carbonyl (C=O) groups is 2. The highest BCUT2D eigenvalue weighted by Crippen LogP contribution is 2.24. The van der Waals surface area contributed by atoms with E-state index in [0.717, 1.165) is 61.0 Å². The van der Waals surface area contributed by atoms with E-state index in [1.165, 1.54) is 0 Å². The molecule has 2 atom stereocenters. The minimum absolute atomic E-state index is 0.0490. The smallest absolute Gasteiger partial charge is 0.410 e. The van der Waals surface area contributed by atoms with Crippen LogP contribution in [0.5, 0.6) is 11.5 Å². The Balaban J connectivity index is 0.000000241. The summed E-state index contributed by atoms with van der Waals surface area (Å²) >= 11 is 3.36. The number of allylic oxidation sites excluding steroid dienone is 1. The summed E-state index contributed by atoms with van der Waals surface area (Å²) in [6.07, 6.45) is 12.7. The van der Waals surface area contributed by atoms with Crippen molar-refractivity contribution >= 4 is 28.1 Å². The van der Waals surface area contributed by atoms with Crippen LogP contribution in [0.1, 0.15) is 72.8 Å². The first-order valence-electron chi connectivity index (χ1n) is 15.1. The molecule has 2 fully saturated rings. The van der Waals surface area contributed by atoms with E-state index in [9.17, 15) is 9.59 Å². The van der Waals surface area contributed by atoms with Crippen LogP contribution in [-0.4, -0.2) is 81.5 Å². The van der Waals surface area contributed by atoms with Crippen LogP contribution < -0.4 is 9.47 Å². The van der Waals surface area contributed by atoms with E-state index in [-0.39, 0.29) is 24.3 Å². The fourth-order valence-electron chi connectivity index (χ4n) is 4.82. The van der Waals surface area contributed by atoms with Crippen LogP contribution in [0, 0.1) is 0 Å². The summed E-state index contributed by atoms with van der Waals surface area (Å²) < 4.78 is 23.3. The van der Waals surface area contributed by atoms with E-state index in [1.807, 2.05) is 59.8 Å². The molecule has 44 heavy (non-hydrogen) atoms. The summed E-state index contributed by atoms with van der Waals surface area (Å²) in [7, 11) is 0. The molecule has 0 aromatic carbocycles. The molecule has 2 amide bonds. The molecular formula is C33H47BrN4O6. The van der Waals surface area contributed by atoms with Crippen LogP contribution in [0.25, 0.3) is 0 Å². The van der Waals surface area contributed by atoms with Gasteiger partial charge >= 0.3 is 12.2 Å². The molecule has 10 nitrogen and oxygen atoms in total. The van der Waals surface area contributed by atoms with E-state index in [0.29, 0.717) is 19.0 Å². The predicted octanol–water partition coefficient (Wildman–Crippen LogP) is 7.21. The van der Waals surface area contributed by atoms with Gasteiger partial charge in [-0.1, -0.05) is 6.08 Å². The highest BCUT2D eigenvalue weighted by atomic mass is 79.9. The number of hydrogen-bond acceptors (Lipinski definition) is 8. The van der Waals surface area contributed by atoms with Crippen LogP contribution in [0.4, 0.5) is 9.59 Å². The Bertz CT molecular complexity index is 1250. The fraction of sp³-hybridized carbons (Fsp3) is 0.576. The number of hydrogen-bond donors (Lipinski definition) is 0. The zero-order valence-corrected chi connectivity index (χ0v) is 28.5. The molecule has 0 radical (unpaired) electrons. The zero-order valence-electron chi connectivity index (χ0n) is 26.9. The van der Waals surface area contributed by atoms with Crippen LogP contribution in [0.15, 0.2) is 54.0 Å². The number of aromatic nitrogens is 2. The van der Waals surface area contributed by atoms with Crippen molar-refractivity contribution in [2.24, 2.45) is 0 Å². The maximum atomic E-state index is 12.2. The first-order chi connectivity index (χ1) is 20.7. The summed E-state index contributed by atoms with van der Waals surface area (Å²) in [5, 5.41) is 0. The number of ether oxygens (including phenoxy) is 4. The topological polar surface area (TPSA) is 103 Å².